The fraction of sp³-hybridized carbons (Fsp3) is 0.294. The average Bonchev–Trinajstić information content (AvgIpc) is 2.48. The Labute approximate surface area is 136 Å². The lowest BCUT2D eigenvalue weighted by Crippen LogP contribution is -2.23. The van der Waals surface area contributed by atoms with Gasteiger partial charge in [0, 0.05) is 5.02 Å². The Morgan fingerprint density at radius 2 is 1.86 bits per heavy atom. The van der Waals surface area contributed by atoms with Crippen molar-refractivity contribution < 1.29 is 4.74 Å². The molecule has 0 aliphatic carbocycles. The summed E-state index contributed by atoms with van der Waals surface area (Å²) in [5, 5.41) is 4.88. The summed E-state index contributed by atoms with van der Waals surface area (Å²) in [7, 11) is 1.62. The third kappa shape index (κ3) is 4.13. The van der Waals surface area contributed by atoms with E-state index in [4.69, 9.17) is 27.9 Å². The number of benzene rings is 2. The molecule has 2 aromatic carbocycles. The van der Waals surface area contributed by atoms with Crippen molar-refractivity contribution in [1.29, 1.82) is 0 Å². The van der Waals surface area contributed by atoms with Gasteiger partial charge in [0.2, 0.25) is 0 Å². The highest BCUT2D eigenvalue weighted by Gasteiger charge is 2.15. The minimum absolute atomic E-state index is 0.0621. The van der Waals surface area contributed by atoms with Gasteiger partial charge in [0.05, 0.1) is 18.2 Å². The standard InChI is InChI=1S/C17H19Cl2NO/c1-3-9-20-17(12-5-4-6-14(18)10-12)13-7-8-16(21-2)15(19)11-13/h4-8,10-11,17,20H,3,9H2,1-2H3. The van der Waals surface area contributed by atoms with E-state index in [0.29, 0.717) is 10.8 Å². The number of nitrogens with one attached hydrogen (secondary N) is 1. The molecule has 0 radical (unpaired) electrons. The summed E-state index contributed by atoms with van der Waals surface area (Å²) in [6, 6.07) is 13.8. The highest BCUT2D eigenvalue weighted by molar-refractivity contribution is 6.32. The first-order chi connectivity index (χ1) is 10.2. The first kappa shape index (κ1) is 16.2. The van der Waals surface area contributed by atoms with Crippen molar-refractivity contribution in [3.63, 3.8) is 0 Å². The Hall–Kier alpha value is -1.22. The zero-order valence-corrected chi connectivity index (χ0v) is 13.7. The topological polar surface area (TPSA) is 21.3 Å². The Morgan fingerprint density at radius 1 is 1.10 bits per heavy atom. The minimum atomic E-state index is 0.0621. The van der Waals surface area contributed by atoms with Crippen LogP contribution in [0.5, 0.6) is 5.75 Å². The lowest BCUT2D eigenvalue weighted by atomic mass is 9.98. The van der Waals surface area contributed by atoms with Crippen LogP contribution in [0.1, 0.15) is 30.5 Å². The molecule has 0 fully saturated rings. The molecule has 0 aliphatic rings. The molecule has 1 N–H and O–H groups in total. The van der Waals surface area contributed by atoms with Gasteiger partial charge in [-0.3, -0.25) is 0 Å². The molecule has 0 aromatic heterocycles. The van der Waals surface area contributed by atoms with Gasteiger partial charge in [-0.25, -0.2) is 0 Å². The van der Waals surface area contributed by atoms with Crippen LogP contribution in [-0.4, -0.2) is 13.7 Å². The summed E-state index contributed by atoms with van der Waals surface area (Å²) in [4.78, 5) is 0. The van der Waals surface area contributed by atoms with E-state index in [1.807, 2.05) is 36.4 Å². The van der Waals surface area contributed by atoms with E-state index < -0.39 is 0 Å². The van der Waals surface area contributed by atoms with Crippen LogP contribution in [0, 0.1) is 0 Å². The maximum atomic E-state index is 6.25. The smallest absolute Gasteiger partial charge is 0.137 e. The first-order valence-corrected chi connectivity index (χ1v) is 7.73. The number of methoxy groups -OCH3 is 1. The predicted octanol–water partition coefficient (Wildman–Crippen LogP) is 5.09. The molecule has 0 heterocycles. The predicted molar refractivity (Wildman–Crippen MR) is 89.6 cm³/mol. The molecule has 0 saturated heterocycles. The molecule has 112 valence electrons. The summed E-state index contributed by atoms with van der Waals surface area (Å²) >= 11 is 12.4. The molecular formula is C17H19Cl2NO. The molecule has 0 amide bonds. The van der Waals surface area contributed by atoms with Gasteiger partial charge in [0.15, 0.2) is 0 Å². The normalized spacial score (nSPS) is 12.2. The SMILES string of the molecule is CCCNC(c1cccc(Cl)c1)c1ccc(OC)c(Cl)c1. The van der Waals surface area contributed by atoms with Crippen LogP contribution in [0.15, 0.2) is 42.5 Å². The molecular weight excluding hydrogens is 305 g/mol. The largest absolute Gasteiger partial charge is 0.495 e. The Kier molecular flexibility index (Phi) is 5.92. The maximum Gasteiger partial charge on any atom is 0.137 e. The number of ether oxygens (including phenoxy) is 1. The molecule has 2 rings (SSSR count). The van der Waals surface area contributed by atoms with E-state index in [2.05, 4.69) is 18.3 Å². The summed E-state index contributed by atoms with van der Waals surface area (Å²) in [5.74, 6) is 0.681. The van der Waals surface area contributed by atoms with Crippen LogP contribution >= 0.6 is 23.2 Å². The molecule has 0 saturated carbocycles. The van der Waals surface area contributed by atoms with Gasteiger partial charge in [0.1, 0.15) is 5.75 Å². The van der Waals surface area contributed by atoms with Crippen LogP contribution in [0.25, 0.3) is 0 Å². The number of halogens is 2. The second-order valence-electron chi connectivity index (χ2n) is 4.84. The molecule has 0 bridgehead atoms. The number of hydrogen-bond donors (Lipinski definition) is 1. The average molecular weight is 324 g/mol. The van der Waals surface area contributed by atoms with Crippen molar-refractivity contribution in [2.24, 2.45) is 0 Å². The van der Waals surface area contributed by atoms with E-state index in [9.17, 15) is 0 Å². The van der Waals surface area contributed by atoms with Gasteiger partial charge in [-0.1, -0.05) is 48.3 Å². The third-order valence-electron chi connectivity index (χ3n) is 3.29. The highest BCUT2D eigenvalue weighted by atomic mass is 35.5. The zero-order valence-electron chi connectivity index (χ0n) is 12.2. The van der Waals surface area contributed by atoms with Crippen LogP contribution < -0.4 is 10.1 Å². The summed E-state index contributed by atoms with van der Waals surface area (Å²) in [6.45, 7) is 3.06. The molecule has 4 heteroatoms. The Bertz CT molecular complexity index is 601. The van der Waals surface area contributed by atoms with Crippen molar-refractivity contribution in [3.8, 4) is 5.75 Å². The first-order valence-electron chi connectivity index (χ1n) is 6.98. The van der Waals surface area contributed by atoms with Crippen LogP contribution in [0.2, 0.25) is 10.0 Å². The molecule has 0 spiro atoms. The molecule has 2 aromatic rings. The quantitative estimate of drug-likeness (QED) is 0.799. The van der Waals surface area contributed by atoms with Crippen LogP contribution in [0.4, 0.5) is 0 Å². The fourth-order valence-electron chi connectivity index (χ4n) is 2.27. The third-order valence-corrected chi connectivity index (χ3v) is 3.82. The van der Waals surface area contributed by atoms with E-state index in [1.165, 1.54) is 0 Å². The van der Waals surface area contributed by atoms with Crippen molar-refractivity contribution >= 4 is 23.2 Å². The fourth-order valence-corrected chi connectivity index (χ4v) is 2.73. The number of hydrogen-bond acceptors (Lipinski definition) is 2. The van der Waals surface area contributed by atoms with Crippen LogP contribution in [-0.2, 0) is 0 Å². The molecule has 1 atom stereocenters. The van der Waals surface area contributed by atoms with Crippen LogP contribution in [0.3, 0.4) is 0 Å². The molecule has 2 nitrogen and oxygen atoms in total. The van der Waals surface area contributed by atoms with Gasteiger partial charge < -0.3 is 10.1 Å². The highest BCUT2D eigenvalue weighted by Crippen LogP contribution is 2.31. The zero-order chi connectivity index (χ0) is 15.2. The van der Waals surface area contributed by atoms with Crippen molar-refractivity contribution in [1.82, 2.24) is 5.32 Å². The van der Waals surface area contributed by atoms with Gasteiger partial charge in [-0.2, -0.15) is 0 Å². The second-order valence-corrected chi connectivity index (χ2v) is 5.68. The maximum absolute atomic E-state index is 6.25. The van der Waals surface area contributed by atoms with E-state index in [-0.39, 0.29) is 6.04 Å². The summed E-state index contributed by atoms with van der Waals surface area (Å²) in [5.41, 5.74) is 2.22. The van der Waals surface area contributed by atoms with Crippen molar-refractivity contribution in [2.75, 3.05) is 13.7 Å². The molecule has 21 heavy (non-hydrogen) atoms. The summed E-state index contributed by atoms with van der Waals surface area (Å²) < 4.78 is 5.21. The van der Waals surface area contributed by atoms with E-state index >= 15 is 0 Å². The Morgan fingerprint density at radius 3 is 2.48 bits per heavy atom. The van der Waals surface area contributed by atoms with Gasteiger partial charge in [-0.05, 0) is 48.4 Å². The monoisotopic (exact) mass is 323 g/mol. The van der Waals surface area contributed by atoms with Crippen molar-refractivity contribution in [2.45, 2.75) is 19.4 Å². The lowest BCUT2D eigenvalue weighted by molar-refractivity contribution is 0.414. The molecule has 0 aliphatic heterocycles. The van der Waals surface area contributed by atoms with Gasteiger partial charge in [-0.15, -0.1) is 0 Å². The minimum Gasteiger partial charge on any atom is -0.495 e. The van der Waals surface area contributed by atoms with E-state index in [0.717, 1.165) is 29.1 Å². The Balaban J connectivity index is 2.37. The van der Waals surface area contributed by atoms with Crippen molar-refractivity contribution in [3.05, 3.63) is 63.6 Å². The van der Waals surface area contributed by atoms with E-state index in [1.54, 1.807) is 7.11 Å². The second kappa shape index (κ2) is 7.69. The number of rotatable bonds is 6. The lowest BCUT2D eigenvalue weighted by Gasteiger charge is -2.20. The summed E-state index contributed by atoms with van der Waals surface area (Å²) in [6.07, 6.45) is 1.06. The van der Waals surface area contributed by atoms with Gasteiger partial charge >= 0.3 is 0 Å². The van der Waals surface area contributed by atoms with Gasteiger partial charge in [0.25, 0.3) is 0 Å². The molecule has 1 unspecified atom stereocenters.